The topological polar surface area (TPSA) is 201 Å². The number of amides is 2. The number of aliphatic hydroxyl groups is 1. The van der Waals surface area contributed by atoms with Crippen LogP contribution in [0.5, 0.6) is 0 Å². The van der Waals surface area contributed by atoms with Crippen molar-refractivity contribution in [1.29, 1.82) is 0 Å². The van der Waals surface area contributed by atoms with Crippen LogP contribution in [0.15, 0.2) is 78.2 Å². The molecule has 1 aromatic carbocycles. The summed E-state index contributed by atoms with van der Waals surface area (Å²) in [5.74, 6) is -0.362. The lowest BCUT2D eigenvalue weighted by molar-refractivity contribution is -0.137. The number of esters is 3. The van der Waals surface area contributed by atoms with Crippen LogP contribution in [0.3, 0.4) is 0 Å². The monoisotopic (exact) mass is 978 g/mol. The first-order chi connectivity index (χ1) is 31.5. The minimum Gasteiger partial charge on any atom is -0.466 e. The fourth-order valence-corrected chi connectivity index (χ4v) is 6.96. The molecule has 1 saturated heterocycles. The van der Waals surface area contributed by atoms with E-state index in [1.54, 1.807) is 40.4 Å². The minimum absolute atomic E-state index is 0.137. The van der Waals surface area contributed by atoms with Gasteiger partial charge in [-0.05, 0) is 97.8 Å². The number of nitrogens with zero attached hydrogens (tertiary/aromatic N) is 4. The van der Waals surface area contributed by atoms with Crippen LogP contribution in [0.25, 0.3) is 0 Å². The molecule has 1 N–H and O–H groups in total. The predicted molar refractivity (Wildman–Crippen MR) is 252 cm³/mol. The van der Waals surface area contributed by atoms with Gasteiger partial charge in [0.25, 0.3) is 0 Å². The maximum Gasteiger partial charge on any atom is 0.410 e. The number of piperidine rings is 1. The van der Waals surface area contributed by atoms with Gasteiger partial charge in [-0.3, -0.25) is 9.88 Å². The minimum atomic E-state index is -0.873. The number of aliphatic hydroxyl groups excluding tert-OH is 1. The Hall–Kier alpha value is -5.23. The molecule has 3 unspecified atom stereocenters. The zero-order chi connectivity index (χ0) is 50.4. The summed E-state index contributed by atoms with van der Waals surface area (Å²) in [7, 11) is 4.13. The van der Waals surface area contributed by atoms with E-state index < -0.39 is 22.2 Å². The lowest BCUT2D eigenvalue weighted by Crippen LogP contribution is -2.42. The highest BCUT2D eigenvalue weighted by Crippen LogP contribution is 2.57. The van der Waals surface area contributed by atoms with Crippen molar-refractivity contribution >= 4 is 58.7 Å². The van der Waals surface area contributed by atoms with Gasteiger partial charge >= 0.3 is 35.5 Å². The maximum absolute atomic E-state index is 11.8. The molecule has 4 aliphatic rings. The van der Waals surface area contributed by atoms with Crippen molar-refractivity contribution in [2.45, 2.75) is 97.5 Å². The van der Waals surface area contributed by atoms with Crippen molar-refractivity contribution < 1.29 is 62.3 Å². The molecule has 17 nitrogen and oxygen atoms in total. The highest BCUT2D eigenvalue weighted by Gasteiger charge is 2.57. The second-order valence-corrected chi connectivity index (χ2v) is 18.7. The number of likely N-dealkylation sites (tertiary alicyclic amines) is 1. The molecule has 1 aliphatic carbocycles. The average molecular weight is 980 g/mol. The van der Waals surface area contributed by atoms with Crippen molar-refractivity contribution in [2.75, 3.05) is 67.2 Å². The smallest absolute Gasteiger partial charge is 0.410 e. The second kappa shape index (κ2) is 28.2. The second-order valence-electron chi connectivity index (χ2n) is 17.8. The van der Waals surface area contributed by atoms with E-state index in [4.69, 9.17) is 37.4 Å². The number of hydrogen-bond donors (Lipinski definition) is 1. The fraction of sp³-hybridized carbons (Fsp3) is 0.562. The molecule has 3 aliphatic heterocycles. The van der Waals surface area contributed by atoms with Gasteiger partial charge < -0.3 is 43.3 Å². The fourth-order valence-electron chi connectivity index (χ4n) is 6.70. The molecule has 6 rings (SSSR count). The highest BCUT2D eigenvalue weighted by atomic mass is 35.5. The molecule has 0 bridgehead atoms. The number of pyridine rings is 1. The van der Waals surface area contributed by atoms with E-state index in [1.807, 2.05) is 53.7 Å². The van der Waals surface area contributed by atoms with Gasteiger partial charge in [0, 0.05) is 93.0 Å². The normalized spacial score (nSPS) is 18.9. The molecule has 2 fully saturated rings. The lowest BCUT2D eigenvalue weighted by atomic mass is 9.96. The molecular formula is C48H68Cl2N4O13. The number of carbonyl (C=O) groups is 6. The van der Waals surface area contributed by atoms with Gasteiger partial charge in [0.15, 0.2) is 5.56 Å². The van der Waals surface area contributed by atoms with Crippen LogP contribution >= 0.6 is 23.2 Å². The summed E-state index contributed by atoms with van der Waals surface area (Å²) in [6, 6.07) is 13.6. The summed E-state index contributed by atoms with van der Waals surface area (Å²) in [5, 5.41) is 9.27. The number of ether oxygens (including phenoxy) is 6. The van der Waals surface area contributed by atoms with Crippen molar-refractivity contribution in [3.8, 4) is 0 Å². The standard InChI is InChI=1S/C14H17NO2.C12H19NO4.C12H21NO3.C7H7NO2.C3H4Cl2O2/c1-17-14(16)13-7-9-15(10-8-13)11-12-5-3-2-4-6-12;1-12(2,3)17-11(15)13-7-5-9(6-8-13)10(14)16-4;1-11(2,3)16-10(15)13-5-4-12(8-14)6-9(12)7-13;1-10-7(9)6-2-4-8-5-3-6;1-2(4)7-3(5)6/h2-7H,8-11H2,1H3;5H,6-8H2,1-4H3;9,14H,4-8H2,1-3H3;2-5H,1H3;2H,1H3. The van der Waals surface area contributed by atoms with Gasteiger partial charge in [-0.2, -0.15) is 0 Å². The Morgan fingerprint density at radius 3 is 1.69 bits per heavy atom. The molecule has 0 radical (unpaired) electrons. The van der Waals surface area contributed by atoms with Crippen LogP contribution in [0, 0.1) is 11.3 Å². The van der Waals surface area contributed by atoms with E-state index in [0.29, 0.717) is 43.1 Å². The molecule has 1 saturated carbocycles. The molecule has 0 spiro atoms. The summed E-state index contributed by atoms with van der Waals surface area (Å²) in [6.45, 7) is 17.9. The molecule has 4 heterocycles. The zero-order valence-corrected chi connectivity index (χ0v) is 41.9. The van der Waals surface area contributed by atoms with Gasteiger partial charge in [0.05, 0.1) is 26.9 Å². The third-order valence-corrected chi connectivity index (χ3v) is 10.5. The van der Waals surface area contributed by atoms with E-state index in [0.717, 1.165) is 51.0 Å². The van der Waals surface area contributed by atoms with E-state index in [2.05, 4.69) is 48.4 Å². The Labute approximate surface area is 404 Å². The molecule has 67 heavy (non-hydrogen) atoms. The van der Waals surface area contributed by atoms with Gasteiger partial charge in [0.2, 0.25) is 0 Å². The Bertz CT molecular complexity index is 1970. The van der Waals surface area contributed by atoms with Gasteiger partial charge in [-0.1, -0.05) is 54.1 Å². The number of carbonyl (C=O) groups excluding carboxylic acids is 6. The Balaban J connectivity index is 0.000000297. The predicted octanol–water partition coefficient (Wildman–Crippen LogP) is 8.16. The first-order valence-corrected chi connectivity index (χ1v) is 22.6. The molecule has 19 heteroatoms. The number of methoxy groups -OCH3 is 3. The van der Waals surface area contributed by atoms with Crippen LogP contribution in [0.2, 0.25) is 0 Å². The average Bonchev–Trinajstić information content (AvgIpc) is 4.03. The number of benzene rings is 1. The van der Waals surface area contributed by atoms with E-state index in [-0.39, 0.29) is 42.1 Å². The van der Waals surface area contributed by atoms with Crippen LogP contribution in [0.4, 0.5) is 14.4 Å². The van der Waals surface area contributed by atoms with E-state index in [9.17, 15) is 33.9 Å². The third-order valence-electron chi connectivity index (χ3n) is 10.3. The summed E-state index contributed by atoms with van der Waals surface area (Å²) >= 11 is 9.87. The van der Waals surface area contributed by atoms with Gasteiger partial charge in [-0.15, -0.1) is 0 Å². The SMILES string of the molecule is CC(C)(C)OC(=O)N1CCC2(CO)CC2C1.CC(Cl)OC(=O)Cl.COC(=O)C1=CCN(C(=O)OC(C)(C)C)CC1.COC(=O)C1=CCN(Cc2ccccc2)CC1.COC(=O)c1ccncc1. The zero-order valence-electron chi connectivity index (χ0n) is 40.4. The van der Waals surface area contributed by atoms with Crippen LogP contribution < -0.4 is 0 Å². The Morgan fingerprint density at radius 2 is 1.28 bits per heavy atom. The van der Waals surface area contributed by atoms with Crippen molar-refractivity contribution in [3.63, 3.8) is 0 Å². The molecular weight excluding hydrogens is 911 g/mol. The summed E-state index contributed by atoms with van der Waals surface area (Å²) in [5.41, 5.74) is 0.963. The summed E-state index contributed by atoms with van der Waals surface area (Å²) < 4.78 is 28.5. The number of hydrogen-bond acceptors (Lipinski definition) is 15. The van der Waals surface area contributed by atoms with Gasteiger partial charge in [0.1, 0.15) is 11.2 Å². The number of rotatable bonds is 7. The first kappa shape index (κ1) is 57.9. The largest absolute Gasteiger partial charge is 0.466 e. The van der Waals surface area contributed by atoms with E-state index >= 15 is 0 Å². The Kier molecular flexibility index (Phi) is 24.4. The van der Waals surface area contributed by atoms with Crippen molar-refractivity contribution in [3.05, 3.63) is 89.3 Å². The van der Waals surface area contributed by atoms with E-state index in [1.165, 1.54) is 33.8 Å². The van der Waals surface area contributed by atoms with Crippen LogP contribution in [-0.4, -0.2) is 144 Å². The van der Waals surface area contributed by atoms with Gasteiger partial charge in [-0.25, -0.2) is 28.8 Å². The lowest BCUT2D eigenvalue weighted by Gasteiger charge is -2.32. The van der Waals surface area contributed by atoms with Crippen molar-refractivity contribution in [1.82, 2.24) is 19.7 Å². The maximum atomic E-state index is 11.8. The van der Waals surface area contributed by atoms with Crippen LogP contribution in [0.1, 0.15) is 90.1 Å². The molecule has 2 amide bonds. The highest BCUT2D eigenvalue weighted by molar-refractivity contribution is 6.61. The molecule has 3 atom stereocenters. The molecule has 372 valence electrons. The Morgan fingerprint density at radius 1 is 0.761 bits per heavy atom. The summed E-state index contributed by atoms with van der Waals surface area (Å²) in [6.07, 6.45) is 9.46. The summed E-state index contributed by atoms with van der Waals surface area (Å²) in [4.78, 5) is 76.0. The molecule has 1 aromatic heterocycles. The number of fused-ring (bicyclic) bond motifs is 1. The third kappa shape index (κ3) is 22.4. The quantitative estimate of drug-likeness (QED) is 0.120. The number of halogens is 2. The van der Waals surface area contributed by atoms with Crippen LogP contribution in [-0.2, 0) is 44.6 Å². The molecule has 2 aromatic rings. The number of alkyl halides is 1. The number of aromatic nitrogens is 1. The van der Waals surface area contributed by atoms with Crippen molar-refractivity contribution in [2.24, 2.45) is 11.3 Å². The first-order valence-electron chi connectivity index (χ1n) is 21.8.